The zero-order chi connectivity index (χ0) is 16.4. The summed E-state index contributed by atoms with van der Waals surface area (Å²) in [5.41, 5.74) is 2.71. The van der Waals surface area contributed by atoms with Crippen LogP contribution in [0.5, 0.6) is 0 Å². The molecule has 23 heavy (non-hydrogen) atoms. The van der Waals surface area contributed by atoms with E-state index >= 15 is 0 Å². The van der Waals surface area contributed by atoms with Crippen molar-refractivity contribution < 1.29 is 14.7 Å². The number of hydrogen-bond acceptors (Lipinski definition) is 3. The van der Waals surface area contributed by atoms with E-state index in [9.17, 15) is 9.59 Å². The molecule has 2 aromatic rings. The number of para-hydroxylation sites is 1. The van der Waals surface area contributed by atoms with Gasteiger partial charge in [0.15, 0.2) is 0 Å². The Morgan fingerprint density at radius 2 is 1.87 bits per heavy atom. The first kappa shape index (κ1) is 15.4. The highest BCUT2D eigenvalue weighted by molar-refractivity contribution is 8.04. The van der Waals surface area contributed by atoms with Crippen LogP contribution in [-0.2, 0) is 9.59 Å². The van der Waals surface area contributed by atoms with Crippen LogP contribution >= 0.6 is 11.8 Å². The second-order valence-electron chi connectivity index (χ2n) is 5.27. The second-order valence-corrected chi connectivity index (χ2v) is 6.36. The minimum Gasteiger partial charge on any atom is -0.480 e. The summed E-state index contributed by atoms with van der Waals surface area (Å²) in [6.45, 7) is 1.66. The molecule has 0 spiro atoms. The van der Waals surface area contributed by atoms with Gasteiger partial charge in [-0.1, -0.05) is 53.7 Å². The zero-order valence-electron chi connectivity index (χ0n) is 12.5. The lowest BCUT2D eigenvalue weighted by Gasteiger charge is -2.28. The number of hydrogen-bond donors (Lipinski definition) is 1. The van der Waals surface area contributed by atoms with E-state index in [0.717, 1.165) is 16.0 Å². The molecule has 3 rings (SSSR count). The van der Waals surface area contributed by atoms with Gasteiger partial charge in [-0.2, -0.15) is 0 Å². The number of carboxylic acids is 1. The summed E-state index contributed by atoms with van der Waals surface area (Å²) in [5, 5.41) is 9.10. The van der Waals surface area contributed by atoms with Gasteiger partial charge < -0.3 is 5.11 Å². The number of aryl methyl sites for hydroxylation is 1. The summed E-state index contributed by atoms with van der Waals surface area (Å²) in [4.78, 5) is 26.5. The zero-order valence-corrected chi connectivity index (χ0v) is 13.3. The van der Waals surface area contributed by atoms with Crippen LogP contribution in [0, 0.1) is 6.92 Å². The largest absolute Gasteiger partial charge is 0.480 e. The lowest BCUT2D eigenvalue weighted by Crippen LogP contribution is -2.38. The number of rotatable bonds is 3. The number of fused-ring (bicyclic) bond motifs is 1. The Morgan fingerprint density at radius 3 is 2.57 bits per heavy atom. The molecule has 0 unspecified atom stereocenters. The fourth-order valence-corrected chi connectivity index (χ4v) is 3.43. The van der Waals surface area contributed by atoms with Crippen LogP contribution in [0.1, 0.15) is 11.1 Å². The Hall–Kier alpha value is -2.53. The van der Waals surface area contributed by atoms with Crippen LogP contribution < -0.4 is 4.90 Å². The maximum absolute atomic E-state index is 12.7. The van der Waals surface area contributed by atoms with E-state index in [0.29, 0.717) is 10.6 Å². The minimum absolute atomic E-state index is 0.281. The Bertz CT molecular complexity index is 796. The average molecular weight is 325 g/mol. The van der Waals surface area contributed by atoms with Crippen LogP contribution in [0.3, 0.4) is 0 Å². The topological polar surface area (TPSA) is 57.6 Å². The van der Waals surface area contributed by atoms with Gasteiger partial charge in [-0.15, -0.1) is 0 Å². The molecular formula is C18H15NO3S. The first-order chi connectivity index (χ1) is 11.0. The number of carbonyl (C=O) groups is 2. The minimum atomic E-state index is -1.03. The molecule has 1 aliphatic rings. The van der Waals surface area contributed by atoms with Gasteiger partial charge in [0, 0.05) is 4.90 Å². The number of nitrogens with zero attached hydrogens (tertiary/aromatic N) is 1. The lowest BCUT2D eigenvalue weighted by molar-refractivity contribution is -0.136. The van der Waals surface area contributed by atoms with E-state index < -0.39 is 5.97 Å². The van der Waals surface area contributed by atoms with Crippen molar-refractivity contribution in [3.05, 3.63) is 64.6 Å². The predicted molar refractivity (Wildman–Crippen MR) is 91.4 cm³/mol. The van der Waals surface area contributed by atoms with E-state index in [2.05, 4.69) is 0 Å². The van der Waals surface area contributed by atoms with Crippen molar-refractivity contribution in [1.29, 1.82) is 0 Å². The highest BCUT2D eigenvalue weighted by Gasteiger charge is 2.30. The van der Waals surface area contributed by atoms with Crippen molar-refractivity contribution in [2.24, 2.45) is 0 Å². The fraction of sp³-hybridized carbons (Fsp3) is 0.111. The first-order valence-electron chi connectivity index (χ1n) is 7.13. The SMILES string of the molecule is Cc1ccc(/C=C2\Sc3ccccc3N(CC(=O)O)C2=O)cc1. The Kier molecular flexibility index (Phi) is 4.21. The van der Waals surface area contributed by atoms with Crippen molar-refractivity contribution in [3.63, 3.8) is 0 Å². The van der Waals surface area contributed by atoms with Crippen molar-refractivity contribution >= 4 is 35.4 Å². The van der Waals surface area contributed by atoms with Crippen molar-refractivity contribution in [2.45, 2.75) is 11.8 Å². The summed E-state index contributed by atoms with van der Waals surface area (Å²) in [7, 11) is 0. The van der Waals surface area contributed by atoms with Gasteiger partial charge >= 0.3 is 5.97 Å². The monoisotopic (exact) mass is 325 g/mol. The molecule has 5 heteroatoms. The maximum atomic E-state index is 12.7. The first-order valence-corrected chi connectivity index (χ1v) is 7.95. The number of anilines is 1. The molecule has 1 N–H and O–H groups in total. The number of amides is 1. The van der Waals surface area contributed by atoms with Crippen molar-refractivity contribution in [1.82, 2.24) is 0 Å². The molecule has 116 valence electrons. The van der Waals surface area contributed by atoms with Gasteiger partial charge in [0.05, 0.1) is 10.6 Å². The molecule has 0 radical (unpaired) electrons. The average Bonchev–Trinajstić information content (AvgIpc) is 2.53. The lowest BCUT2D eigenvalue weighted by atomic mass is 10.1. The Labute approximate surface area is 138 Å². The van der Waals surface area contributed by atoms with Gasteiger partial charge in [0.25, 0.3) is 5.91 Å². The fourth-order valence-electron chi connectivity index (χ4n) is 2.37. The number of aliphatic carboxylic acids is 1. The molecule has 0 saturated heterocycles. The van der Waals surface area contributed by atoms with E-state index in [1.165, 1.54) is 16.7 Å². The smallest absolute Gasteiger partial charge is 0.323 e. The molecule has 0 atom stereocenters. The van der Waals surface area contributed by atoms with Crippen molar-refractivity contribution in [3.8, 4) is 0 Å². The normalized spacial score (nSPS) is 15.6. The molecule has 1 aliphatic heterocycles. The van der Waals surface area contributed by atoms with Crippen LogP contribution in [0.15, 0.2) is 58.3 Å². The van der Waals surface area contributed by atoms with Crippen LogP contribution in [0.4, 0.5) is 5.69 Å². The van der Waals surface area contributed by atoms with Gasteiger partial charge in [-0.05, 0) is 30.7 Å². The number of benzene rings is 2. The Morgan fingerprint density at radius 1 is 1.17 bits per heavy atom. The molecule has 0 fully saturated rings. The molecular weight excluding hydrogens is 310 g/mol. The molecule has 0 saturated carbocycles. The van der Waals surface area contributed by atoms with Crippen LogP contribution in [0.2, 0.25) is 0 Å². The summed E-state index contributed by atoms with van der Waals surface area (Å²) in [6.07, 6.45) is 1.80. The third kappa shape index (κ3) is 3.29. The van der Waals surface area contributed by atoms with Gasteiger partial charge in [0.1, 0.15) is 6.54 Å². The summed E-state index contributed by atoms with van der Waals surface area (Å²) in [5.74, 6) is -1.31. The quantitative estimate of drug-likeness (QED) is 0.877. The van der Waals surface area contributed by atoms with E-state index in [1.807, 2.05) is 43.3 Å². The standard InChI is InChI=1S/C18H15NO3S/c1-12-6-8-13(9-7-12)10-16-18(22)19(11-17(20)21)14-4-2-3-5-15(14)23-16/h2-10H,11H2,1H3,(H,20,21)/b16-10-. The molecule has 4 nitrogen and oxygen atoms in total. The van der Waals surface area contributed by atoms with Gasteiger partial charge in [0.2, 0.25) is 0 Å². The molecule has 1 heterocycles. The Balaban J connectivity index is 2.01. The molecule has 0 aromatic heterocycles. The number of carboxylic acid groups (broad SMARTS) is 1. The molecule has 0 aliphatic carbocycles. The molecule has 0 bridgehead atoms. The molecule has 2 aromatic carbocycles. The summed E-state index contributed by atoms with van der Waals surface area (Å²) < 4.78 is 0. The highest BCUT2D eigenvalue weighted by Crippen LogP contribution is 2.41. The van der Waals surface area contributed by atoms with Crippen molar-refractivity contribution in [2.75, 3.05) is 11.4 Å². The van der Waals surface area contributed by atoms with E-state index in [4.69, 9.17) is 5.11 Å². The predicted octanol–water partition coefficient (Wildman–Crippen LogP) is 3.56. The number of thioether (sulfide) groups is 1. The highest BCUT2D eigenvalue weighted by atomic mass is 32.2. The number of carbonyl (C=O) groups excluding carboxylic acids is 1. The molecule has 1 amide bonds. The maximum Gasteiger partial charge on any atom is 0.323 e. The van der Waals surface area contributed by atoms with Crippen LogP contribution in [-0.4, -0.2) is 23.5 Å². The van der Waals surface area contributed by atoms with E-state index in [-0.39, 0.29) is 12.5 Å². The second kappa shape index (κ2) is 6.30. The van der Waals surface area contributed by atoms with Gasteiger partial charge in [-0.25, -0.2) is 0 Å². The summed E-state index contributed by atoms with van der Waals surface area (Å²) in [6, 6.07) is 15.2. The third-order valence-corrected chi connectivity index (χ3v) is 4.58. The van der Waals surface area contributed by atoms with E-state index in [1.54, 1.807) is 18.2 Å². The van der Waals surface area contributed by atoms with Crippen LogP contribution in [0.25, 0.3) is 6.08 Å². The third-order valence-electron chi connectivity index (χ3n) is 3.50. The summed E-state index contributed by atoms with van der Waals surface area (Å²) >= 11 is 1.37. The van der Waals surface area contributed by atoms with Gasteiger partial charge in [-0.3, -0.25) is 14.5 Å².